The normalized spacial score (nSPS) is 12.6. The molecule has 0 aromatic carbocycles. The molecular weight excluding hydrogens is 322 g/mol. The molecule has 0 radical (unpaired) electrons. The van der Waals surface area contributed by atoms with Gasteiger partial charge in [0.2, 0.25) is 0 Å². The molecule has 0 aromatic rings. The van der Waals surface area contributed by atoms with Crippen molar-refractivity contribution in [1.29, 1.82) is 0 Å². The Bertz CT molecular complexity index is 242. The SMILES string of the molecule is CCCCCCCCCCCCCCCCCCOC(CCN)CCO. The fraction of sp³-hybridized carbons (Fsp3) is 1.00. The van der Waals surface area contributed by atoms with Crippen molar-refractivity contribution in [3.63, 3.8) is 0 Å². The first-order chi connectivity index (χ1) is 12.8. The van der Waals surface area contributed by atoms with Gasteiger partial charge in [0.15, 0.2) is 0 Å². The number of rotatable bonds is 22. The number of aliphatic hydroxyl groups is 1. The maximum atomic E-state index is 8.99. The van der Waals surface area contributed by atoms with Gasteiger partial charge >= 0.3 is 0 Å². The van der Waals surface area contributed by atoms with E-state index in [2.05, 4.69) is 6.92 Å². The minimum Gasteiger partial charge on any atom is -0.396 e. The van der Waals surface area contributed by atoms with Gasteiger partial charge in [0.25, 0.3) is 0 Å². The highest BCUT2D eigenvalue weighted by molar-refractivity contribution is 4.58. The number of hydrogen-bond donors (Lipinski definition) is 2. The number of nitrogens with two attached hydrogens (primary N) is 1. The van der Waals surface area contributed by atoms with Gasteiger partial charge < -0.3 is 15.6 Å². The van der Waals surface area contributed by atoms with Crippen LogP contribution in [0.25, 0.3) is 0 Å². The molecule has 26 heavy (non-hydrogen) atoms. The first-order valence-electron chi connectivity index (χ1n) is 11.8. The summed E-state index contributed by atoms with van der Waals surface area (Å²) in [7, 11) is 0. The van der Waals surface area contributed by atoms with Crippen molar-refractivity contribution in [2.24, 2.45) is 5.73 Å². The molecule has 0 heterocycles. The van der Waals surface area contributed by atoms with E-state index in [9.17, 15) is 0 Å². The Balaban J connectivity index is 3.13. The minimum atomic E-state index is 0.154. The summed E-state index contributed by atoms with van der Waals surface area (Å²) < 4.78 is 5.80. The molecule has 3 heteroatoms. The lowest BCUT2D eigenvalue weighted by atomic mass is 10.0. The second-order valence-corrected chi connectivity index (χ2v) is 7.89. The molecule has 0 rings (SSSR count). The molecule has 0 saturated carbocycles. The summed E-state index contributed by atoms with van der Waals surface area (Å²) in [6.07, 6.45) is 24.0. The predicted molar refractivity (Wildman–Crippen MR) is 115 cm³/mol. The molecule has 0 amide bonds. The predicted octanol–water partition coefficient (Wildman–Crippen LogP) is 6.36. The van der Waals surface area contributed by atoms with Crippen molar-refractivity contribution in [2.45, 2.75) is 129 Å². The van der Waals surface area contributed by atoms with E-state index in [0.29, 0.717) is 6.54 Å². The zero-order chi connectivity index (χ0) is 19.1. The lowest BCUT2D eigenvalue weighted by molar-refractivity contribution is 0.0297. The van der Waals surface area contributed by atoms with Crippen molar-refractivity contribution in [2.75, 3.05) is 19.8 Å². The molecule has 0 spiro atoms. The summed E-state index contributed by atoms with van der Waals surface area (Å²) in [6, 6.07) is 0. The van der Waals surface area contributed by atoms with Gasteiger partial charge in [-0.1, -0.05) is 103 Å². The summed E-state index contributed by atoms with van der Waals surface area (Å²) >= 11 is 0. The van der Waals surface area contributed by atoms with Crippen molar-refractivity contribution < 1.29 is 9.84 Å². The third-order valence-corrected chi connectivity index (χ3v) is 5.29. The third kappa shape index (κ3) is 20.2. The molecule has 1 unspecified atom stereocenters. The zero-order valence-corrected chi connectivity index (χ0v) is 17.9. The van der Waals surface area contributed by atoms with E-state index in [1.165, 1.54) is 96.3 Å². The molecule has 1 atom stereocenters. The summed E-state index contributed by atoms with van der Waals surface area (Å²) in [5.74, 6) is 0. The van der Waals surface area contributed by atoms with Crippen LogP contribution in [0, 0.1) is 0 Å². The van der Waals surface area contributed by atoms with Crippen LogP contribution in [-0.2, 0) is 4.74 Å². The van der Waals surface area contributed by atoms with Crippen LogP contribution in [0.5, 0.6) is 0 Å². The number of hydrogen-bond acceptors (Lipinski definition) is 3. The van der Waals surface area contributed by atoms with Gasteiger partial charge in [-0.25, -0.2) is 0 Å². The van der Waals surface area contributed by atoms with E-state index in [1.54, 1.807) is 0 Å². The minimum absolute atomic E-state index is 0.154. The Morgan fingerprint density at radius 3 is 1.46 bits per heavy atom. The van der Waals surface area contributed by atoms with Crippen molar-refractivity contribution in [1.82, 2.24) is 0 Å². The molecule has 0 aliphatic carbocycles. The summed E-state index contributed by atoms with van der Waals surface area (Å²) in [6.45, 7) is 3.95. The van der Waals surface area contributed by atoms with Crippen molar-refractivity contribution >= 4 is 0 Å². The van der Waals surface area contributed by atoms with Crippen molar-refractivity contribution in [3.05, 3.63) is 0 Å². The highest BCUT2D eigenvalue weighted by Gasteiger charge is 2.06. The van der Waals surface area contributed by atoms with E-state index < -0.39 is 0 Å². The van der Waals surface area contributed by atoms with Crippen molar-refractivity contribution in [3.8, 4) is 0 Å². The lowest BCUT2D eigenvalue weighted by Gasteiger charge is -2.15. The lowest BCUT2D eigenvalue weighted by Crippen LogP contribution is -2.19. The molecule has 0 bridgehead atoms. The molecule has 0 aliphatic rings. The van der Waals surface area contributed by atoms with Gasteiger partial charge in [-0.15, -0.1) is 0 Å². The first-order valence-corrected chi connectivity index (χ1v) is 11.8. The van der Waals surface area contributed by atoms with Crippen LogP contribution in [0.4, 0.5) is 0 Å². The Labute approximate surface area is 164 Å². The molecule has 0 saturated heterocycles. The van der Waals surface area contributed by atoms with Crippen LogP contribution < -0.4 is 5.73 Å². The number of ether oxygens (including phenoxy) is 1. The van der Waals surface area contributed by atoms with Crippen LogP contribution in [0.2, 0.25) is 0 Å². The van der Waals surface area contributed by atoms with Crippen LogP contribution in [0.3, 0.4) is 0 Å². The third-order valence-electron chi connectivity index (χ3n) is 5.29. The molecule has 3 nitrogen and oxygen atoms in total. The Morgan fingerprint density at radius 1 is 0.654 bits per heavy atom. The summed E-state index contributed by atoms with van der Waals surface area (Å²) in [5.41, 5.74) is 5.56. The summed E-state index contributed by atoms with van der Waals surface area (Å²) in [5, 5.41) is 8.99. The topological polar surface area (TPSA) is 55.5 Å². The maximum absolute atomic E-state index is 8.99. The van der Waals surface area contributed by atoms with Crippen LogP contribution in [0.15, 0.2) is 0 Å². The fourth-order valence-electron chi connectivity index (χ4n) is 3.54. The molecule has 0 aromatic heterocycles. The number of unbranched alkanes of at least 4 members (excludes halogenated alkanes) is 15. The van der Waals surface area contributed by atoms with E-state index in [1.807, 2.05) is 0 Å². The highest BCUT2D eigenvalue weighted by Crippen LogP contribution is 2.14. The molecule has 3 N–H and O–H groups in total. The Morgan fingerprint density at radius 2 is 1.08 bits per heavy atom. The fourth-order valence-corrected chi connectivity index (χ4v) is 3.54. The van der Waals surface area contributed by atoms with E-state index in [0.717, 1.165) is 25.9 Å². The molecule has 0 aliphatic heterocycles. The highest BCUT2D eigenvalue weighted by atomic mass is 16.5. The zero-order valence-electron chi connectivity index (χ0n) is 17.9. The van der Waals surface area contributed by atoms with Gasteiger partial charge in [-0.05, 0) is 25.8 Å². The largest absolute Gasteiger partial charge is 0.396 e. The van der Waals surface area contributed by atoms with Gasteiger partial charge in [-0.2, -0.15) is 0 Å². The average Bonchev–Trinajstić information content (AvgIpc) is 2.64. The average molecular weight is 372 g/mol. The molecule has 158 valence electrons. The standard InChI is InChI=1S/C23H49NO2/c1-2-3-4-5-6-7-8-9-10-11-12-13-14-15-16-17-22-26-23(18-20-24)19-21-25/h23,25H,2-22,24H2,1H3. The maximum Gasteiger partial charge on any atom is 0.0609 e. The van der Waals surface area contributed by atoms with Crippen LogP contribution in [0.1, 0.15) is 122 Å². The van der Waals surface area contributed by atoms with Gasteiger partial charge in [0.1, 0.15) is 0 Å². The number of aliphatic hydroxyl groups excluding tert-OH is 1. The Hall–Kier alpha value is -0.120. The van der Waals surface area contributed by atoms with Crippen LogP contribution >= 0.6 is 0 Å². The van der Waals surface area contributed by atoms with Gasteiger partial charge in [-0.3, -0.25) is 0 Å². The second kappa shape index (κ2) is 22.9. The van der Waals surface area contributed by atoms with Crippen LogP contribution in [-0.4, -0.2) is 31.0 Å². The first kappa shape index (κ1) is 25.9. The van der Waals surface area contributed by atoms with E-state index >= 15 is 0 Å². The Kier molecular flexibility index (Phi) is 22.8. The van der Waals surface area contributed by atoms with E-state index in [4.69, 9.17) is 15.6 Å². The molecular formula is C23H49NO2. The molecule has 0 fully saturated rings. The quantitative estimate of drug-likeness (QED) is 0.218. The van der Waals surface area contributed by atoms with Gasteiger partial charge in [0.05, 0.1) is 6.10 Å². The smallest absolute Gasteiger partial charge is 0.0609 e. The van der Waals surface area contributed by atoms with E-state index in [-0.39, 0.29) is 12.7 Å². The second-order valence-electron chi connectivity index (χ2n) is 7.89. The van der Waals surface area contributed by atoms with Gasteiger partial charge in [0, 0.05) is 13.2 Å². The monoisotopic (exact) mass is 371 g/mol. The summed E-state index contributed by atoms with van der Waals surface area (Å²) in [4.78, 5) is 0.